The molecule has 0 aliphatic rings. The Morgan fingerprint density at radius 2 is 2.38 bits per heavy atom. The summed E-state index contributed by atoms with van der Waals surface area (Å²) < 4.78 is 9.55. The lowest BCUT2D eigenvalue weighted by atomic mass is 10.5. The molecule has 0 aromatic carbocycles. The monoisotopic (exact) mass is 263 g/mol. The fraction of sp³-hybridized carbons (Fsp3) is 0.375. The number of hydrogen-bond donors (Lipinski definition) is 1. The normalized spacial score (nSPS) is 9.81. The van der Waals surface area contributed by atoms with Gasteiger partial charge in [-0.1, -0.05) is 0 Å². The van der Waals surface area contributed by atoms with Crippen LogP contribution < -0.4 is 4.74 Å². The van der Waals surface area contributed by atoms with Gasteiger partial charge in [0.15, 0.2) is 0 Å². The van der Waals surface area contributed by atoms with E-state index < -0.39 is 6.16 Å². The quantitative estimate of drug-likeness (QED) is 0.640. The first kappa shape index (κ1) is 12.8. The third-order valence-corrected chi connectivity index (χ3v) is 3.54. The minimum atomic E-state index is -1.40. The molecule has 0 atom stereocenters. The molecular weight excluding hydrogens is 254 g/mol. The van der Waals surface area contributed by atoms with E-state index in [9.17, 15) is 9.59 Å². The number of carbonyl (C=O) groups excluding carboxylic acids is 1. The maximum absolute atomic E-state index is 10.8. The van der Waals surface area contributed by atoms with E-state index in [2.05, 4.69) is 14.5 Å². The molecule has 0 spiro atoms. The Labute approximate surface area is 99.6 Å². The number of thiazole rings is 1. The lowest BCUT2D eigenvalue weighted by Gasteiger charge is -2.00. The van der Waals surface area contributed by atoms with Crippen molar-refractivity contribution in [1.82, 2.24) is 4.98 Å². The molecule has 0 unspecified atom stereocenters. The molecule has 0 radical (unpaired) electrons. The number of esters is 1. The Hall–Kier alpha value is -1.28. The molecule has 88 valence electrons. The number of carbonyl (C=O) groups is 2. The van der Waals surface area contributed by atoms with Crippen molar-refractivity contribution < 1.29 is 24.2 Å². The fourth-order valence-electron chi connectivity index (χ4n) is 0.801. The molecule has 0 aliphatic carbocycles. The van der Waals surface area contributed by atoms with Gasteiger partial charge in [-0.05, 0) is 0 Å². The van der Waals surface area contributed by atoms with Crippen LogP contribution in [0.15, 0.2) is 9.72 Å². The minimum absolute atomic E-state index is 0.0624. The number of aromatic nitrogens is 1. The summed E-state index contributed by atoms with van der Waals surface area (Å²) in [5.41, 5.74) is 1.48. The zero-order valence-electron chi connectivity index (χ0n) is 8.34. The van der Waals surface area contributed by atoms with Crippen molar-refractivity contribution in [3.05, 3.63) is 5.51 Å². The lowest BCUT2D eigenvalue weighted by Crippen LogP contribution is -2.04. The van der Waals surface area contributed by atoms with Gasteiger partial charge in [0.2, 0.25) is 0 Å². The van der Waals surface area contributed by atoms with Gasteiger partial charge in [-0.2, -0.15) is 0 Å². The SMILES string of the molecule is COC(=O)CCSc1scnc1OC(=O)O. The summed E-state index contributed by atoms with van der Waals surface area (Å²) >= 11 is 2.57. The second-order valence-corrected chi connectivity index (χ2v) is 4.71. The Morgan fingerprint density at radius 3 is 3.00 bits per heavy atom. The van der Waals surface area contributed by atoms with Crippen LogP contribution in [0.4, 0.5) is 4.79 Å². The molecule has 1 heterocycles. The minimum Gasteiger partial charge on any atom is -0.469 e. The molecule has 0 bridgehead atoms. The average Bonchev–Trinajstić information content (AvgIpc) is 2.64. The van der Waals surface area contributed by atoms with Gasteiger partial charge in [-0.25, -0.2) is 9.78 Å². The predicted octanol–water partition coefficient (Wildman–Crippen LogP) is 1.86. The van der Waals surface area contributed by atoms with Gasteiger partial charge in [0.1, 0.15) is 4.21 Å². The van der Waals surface area contributed by atoms with Gasteiger partial charge in [-0.3, -0.25) is 4.79 Å². The van der Waals surface area contributed by atoms with Crippen molar-refractivity contribution in [2.45, 2.75) is 10.6 Å². The van der Waals surface area contributed by atoms with Crippen LogP contribution in [0, 0.1) is 0 Å². The smallest absolute Gasteiger partial charge is 0.469 e. The molecule has 1 aromatic heterocycles. The molecule has 1 rings (SSSR count). The highest BCUT2D eigenvalue weighted by molar-refractivity contribution is 8.01. The van der Waals surface area contributed by atoms with Crippen LogP contribution in [-0.2, 0) is 9.53 Å². The Kier molecular flexibility index (Phi) is 5.06. The molecule has 1 N–H and O–H groups in total. The standard InChI is InChI=1S/C8H9NO5S2/c1-13-5(10)2-3-15-7-6(9-4-16-7)14-8(11)12/h4H,2-3H2,1H3,(H,11,12). The number of carboxylic acid groups (broad SMARTS) is 1. The molecule has 16 heavy (non-hydrogen) atoms. The van der Waals surface area contributed by atoms with Gasteiger partial charge in [0.05, 0.1) is 19.0 Å². The first-order valence-corrected chi connectivity index (χ1v) is 6.04. The van der Waals surface area contributed by atoms with Crippen molar-refractivity contribution >= 4 is 35.2 Å². The topological polar surface area (TPSA) is 85.7 Å². The van der Waals surface area contributed by atoms with E-state index in [4.69, 9.17) is 5.11 Å². The highest BCUT2D eigenvalue weighted by Gasteiger charge is 2.12. The number of hydrogen-bond acceptors (Lipinski definition) is 7. The second-order valence-electron chi connectivity index (χ2n) is 2.49. The van der Waals surface area contributed by atoms with Gasteiger partial charge < -0.3 is 14.6 Å². The molecule has 0 aliphatic heterocycles. The number of rotatable bonds is 5. The number of nitrogens with zero attached hydrogens (tertiary/aromatic N) is 1. The molecule has 1 aromatic rings. The Bertz CT molecular complexity index is 378. The average molecular weight is 263 g/mol. The largest absolute Gasteiger partial charge is 0.512 e. The summed E-state index contributed by atoms with van der Waals surface area (Å²) in [6, 6.07) is 0. The Morgan fingerprint density at radius 1 is 1.62 bits per heavy atom. The van der Waals surface area contributed by atoms with Crippen LogP contribution in [-0.4, -0.2) is 35.1 Å². The second kappa shape index (κ2) is 6.33. The highest BCUT2D eigenvalue weighted by atomic mass is 32.2. The van der Waals surface area contributed by atoms with E-state index in [0.717, 1.165) is 0 Å². The fourth-order valence-corrected chi connectivity index (χ4v) is 2.56. The summed E-state index contributed by atoms with van der Waals surface area (Å²) in [5, 5.41) is 8.42. The van der Waals surface area contributed by atoms with Gasteiger partial charge in [-0.15, -0.1) is 23.1 Å². The maximum atomic E-state index is 10.8. The third kappa shape index (κ3) is 4.07. The van der Waals surface area contributed by atoms with Gasteiger partial charge in [0, 0.05) is 5.75 Å². The summed E-state index contributed by atoms with van der Waals surface area (Å²) in [7, 11) is 1.32. The van der Waals surface area contributed by atoms with Gasteiger partial charge >= 0.3 is 12.1 Å². The van der Waals surface area contributed by atoms with Crippen molar-refractivity contribution in [3.63, 3.8) is 0 Å². The van der Waals surface area contributed by atoms with E-state index in [1.165, 1.54) is 35.7 Å². The van der Waals surface area contributed by atoms with Crippen molar-refractivity contribution in [2.24, 2.45) is 0 Å². The highest BCUT2D eigenvalue weighted by Crippen LogP contribution is 2.32. The number of ether oxygens (including phenoxy) is 2. The summed E-state index contributed by atoms with van der Waals surface area (Å²) in [6.07, 6.45) is -1.15. The van der Waals surface area contributed by atoms with Crippen LogP contribution in [0.25, 0.3) is 0 Å². The lowest BCUT2D eigenvalue weighted by molar-refractivity contribution is -0.140. The molecule has 6 nitrogen and oxygen atoms in total. The maximum Gasteiger partial charge on any atom is 0.512 e. The van der Waals surface area contributed by atoms with Gasteiger partial charge in [0.25, 0.3) is 5.88 Å². The first-order valence-electron chi connectivity index (χ1n) is 4.17. The van der Waals surface area contributed by atoms with E-state index in [0.29, 0.717) is 9.96 Å². The third-order valence-electron chi connectivity index (χ3n) is 1.46. The number of methoxy groups -OCH3 is 1. The van der Waals surface area contributed by atoms with E-state index in [1.54, 1.807) is 0 Å². The van der Waals surface area contributed by atoms with E-state index >= 15 is 0 Å². The summed E-state index contributed by atoms with van der Waals surface area (Å²) in [5.74, 6) is 0.246. The van der Waals surface area contributed by atoms with E-state index in [1.807, 2.05) is 0 Å². The first-order chi connectivity index (χ1) is 7.63. The van der Waals surface area contributed by atoms with Crippen LogP contribution >= 0.6 is 23.1 Å². The molecule has 8 heteroatoms. The zero-order valence-corrected chi connectivity index (χ0v) is 9.97. The van der Waals surface area contributed by atoms with Crippen molar-refractivity contribution in [2.75, 3.05) is 12.9 Å². The summed E-state index contributed by atoms with van der Waals surface area (Å²) in [6.45, 7) is 0. The Balaban J connectivity index is 2.44. The van der Waals surface area contributed by atoms with Crippen molar-refractivity contribution in [3.8, 4) is 5.88 Å². The summed E-state index contributed by atoms with van der Waals surface area (Å²) in [4.78, 5) is 24.9. The predicted molar refractivity (Wildman–Crippen MR) is 58.1 cm³/mol. The molecule has 0 saturated heterocycles. The van der Waals surface area contributed by atoms with Crippen LogP contribution in [0.3, 0.4) is 0 Å². The van der Waals surface area contributed by atoms with Crippen LogP contribution in [0.2, 0.25) is 0 Å². The molecule has 0 amide bonds. The van der Waals surface area contributed by atoms with Crippen molar-refractivity contribution in [1.29, 1.82) is 0 Å². The zero-order chi connectivity index (χ0) is 12.0. The molecular formula is C8H9NO5S2. The molecule has 0 fully saturated rings. The molecule has 0 saturated carbocycles. The number of thioether (sulfide) groups is 1. The van der Waals surface area contributed by atoms with E-state index in [-0.39, 0.29) is 18.3 Å². The van der Waals surface area contributed by atoms with Crippen LogP contribution in [0.1, 0.15) is 6.42 Å². The van der Waals surface area contributed by atoms with Crippen LogP contribution in [0.5, 0.6) is 5.88 Å².